The highest BCUT2D eigenvalue weighted by atomic mass is 15.1. The maximum absolute atomic E-state index is 2.54. The zero-order valence-electron chi connectivity index (χ0n) is 35.2. The summed E-state index contributed by atoms with van der Waals surface area (Å²) in [6, 6.07) is 78.7. The molecule has 0 heterocycles. The summed E-state index contributed by atoms with van der Waals surface area (Å²) in [4.78, 5) is 2.54. The van der Waals surface area contributed by atoms with Gasteiger partial charge in [0, 0.05) is 27.6 Å². The number of fused-ring (bicyclic) bond motifs is 6. The molecule has 0 spiro atoms. The Kier molecular flexibility index (Phi) is 8.58. The molecule has 0 radical (unpaired) electrons. The standard InChI is InChI=1S/C60H47N/c1-59(2)52-29-16-14-26-50(52)58-53(59)30-18-32-56(58)61(44-36-33-41(34-37-44)40-19-7-5-8-20-40)55-31-17-27-46(57(55)49-25-12-11-23-45(49)42-21-9-6-10-22-42)43-35-38-48-47-24-13-15-28-51(47)60(3,4)54(48)39-43/h5-39H,1-4H3. The van der Waals surface area contributed by atoms with Crippen LogP contribution in [0.2, 0.25) is 0 Å². The molecule has 0 aliphatic heterocycles. The topological polar surface area (TPSA) is 3.24 Å². The summed E-state index contributed by atoms with van der Waals surface area (Å²) in [5, 5.41) is 0. The molecule has 0 saturated heterocycles. The summed E-state index contributed by atoms with van der Waals surface area (Å²) >= 11 is 0. The predicted molar refractivity (Wildman–Crippen MR) is 258 cm³/mol. The van der Waals surface area contributed by atoms with Crippen molar-refractivity contribution in [1.82, 2.24) is 0 Å². The molecule has 1 nitrogen and oxygen atoms in total. The van der Waals surface area contributed by atoms with Crippen molar-refractivity contribution >= 4 is 17.1 Å². The van der Waals surface area contributed by atoms with E-state index in [9.17, 15) is 0 Å². The van der Waals surface area contributed by atoms with Crippen LogP contribution in [0.4, 0.5) is 17.1 Å². The zero-order chi connectivity index (χ0) is 41.3. The molecule has 61 heavy (non-hydrogen) atoms. The van der Waals surface area contributed by atoms with Gasteiger partial charge in [-0.15, -0.1) is 0 Å². The van der Waals surface area contributed by atoms with Crippen LogP contribution < -0.4 is 4.90 Å². The van der Waals surface area contributed by atoms with Crippen LogP contribution in [0.1, 0.15) is 49.9 Å². The Hall–Kier alpha value is -7.22. The quantitative estimate of drug-likeness (QED) is 0.156. The molecule has 11 rings (SSSR count). The highest BCUT2D eigenvalue weighted by molar-refractivity contribution is 6.04. The molecule has 2 aliphatic carbocycles. The minimum atomic E-state index is -0.149. The summed E-state index contributed by atoms with van der Waals surface area (Å²) in [7, 11) is 0. The fourth-order valence-electron chi connectivity index (χ4n) is 10.5. The largest absolute Gasteiger partial charge is 0.309 e. The lowest BCUT2D eigenvalue weighted by molar-refractivity contribution is 0.660. The summed E-state index contributed by atoms with van der Waals surface area (Å²) in [6.45, 7) is 9.49. The van der Waals surface area contributed by atoms with Crippen LogP contribution in [0.5, 0.6) is 0 Å². The average molecular weight is 782 g/mol. The van der Waals surface area contributed by atoms with E-state index in [0.29, 0.717) is 0 Å². The van der Waals surface area contributed by atoms with Crippen molar-refractivity contribution < 1.29 is 0 Å². The number of nitrogens with zero attached hydrogens (tertiary/aromatic N) is 1. The Morgan fingerprint density at radius 2 is 0.738 bits per heavy atom. The van der Waals surface area contributed by atoms with Crippen LogP contribution in [-0.2, 0) is 10.8 Å². The average Bonchev–Trinajstić information content (AvgIpc) is 3.69. The number of benzene rings is 9. The second-order valence-corrected chi connectivity index (χ2v) is 17.7. The molecule has 0 unspecified atom stereocenters. The molecular formula is C60H47N. The Morgan fingerprint density at radius 1 is 0.279 bits per heavy atom. The fraction of sp³-hybridized carbons (Fsp3) is 0.100. The predicted octanol–water partition coefficient (Wildman–Crippen LogP) is 16.4. The molecule has 292 valence electrons. The van der Waals surface area contributed by atoms with Gasteiger partial charge >= 0.3 is 0 Å². The monoisotopic (exact) mass is 781 g/mol. The van der Waals surface area contributed by atoms with Gasteiger partial charge < -0.3 is 4.90 Å². The minimum absolute atomic E-state index is 0.126. The number of rotatable bonds is 7. The van der Waals surface area contributed by atoms with E-state index in [1.807, 2.05) is 0 Å². The molecule has 0 N–H and O–H groups in total. The molecule has 0 amide bonds. The van der Waals surface area contributed by atoms with Crippen LogP contribution >= 0.6 is 0 Å². The van der Waals surface area contributed by atoms with Crippen molar-refractivity contribution in [2.45, 2.75) is 38.5 Å². The summed E-state index contributed by atoms with van der Waals surface area (Å²) in [6.07, 6.45) is 0. The molecule has 0 fully saturated rings. The van der Waals surface area contributed by atoms with Crippen LogP contribution in [0.15, 0.2) is 212 Å². The lowest BCUT2D eigenvalue weighted by Crippen LogP contribution is -2.16. The van der Waals surface area contributed by atoms with E-state index < -0.39 is 0 Å². The van der Waals surface area contributed by atoms with Crippen molar-refractivity contribution in [1.29, 1.82) is 0 Å². The molecule has 9 aromatic rings. The third kappa shape index (κ3) is 5.83. The third-order valence-electron chi connectivity index (χ3n) is 13.5. The van der Waals surface area contributed by atoms with Gasteiger partial charge in [0.1, 0.15) is 0 Å². The first-order valence-corrected chi connectivity index (χ1v) is 21.5. The van der Waals surface area contributed by atoms with Gasteiger partial charge in [0.25, 0.3) is 0 Å². The first kappa shape index (κ1) is 36.8. The van der Waals surface area contributed by atoms with Crippen molar-refractivity contribution in [3.8, 4) is 66.8 Å². The van der Waals surface area contributed by atoms with E-state index in [-0.39, 0.29) is 10.8 Å². The van der Waals surface area contributed by atoms with Gasteiger partial charge in [0.15, 0.2) is 0 Å². The highest BCUT2D eigenvalue weighted by Crippen LogP contribution is 2.57. The SMILES string of the molecule is CC1(C)c2ccccc2-c2ccc(-c3cccc(N(c4ccc(-c5ccccc5)cc4)c4cccc5c4-c4ccccc4C5(C)C)c3-c3ccccc3-c3ccccc3)cc21. The Labute approximate surface area is 360 Å². The maximum atomic E-state index is 2.54. The van der Waals surface area contributed by atoms with Crippen LogP contribution in [0.3, 0.4) is 0 Å². The summed E-state index contributed by atoms with van der Waals surface area (Å²) in [5.41, 5.74) is 23.5. The van der Waals surface area contributed by atoms with E-state index in [1.165, 1.54) is 94.7 Å². The van der Waals surface area contributed by atoms with E-state index in [0.717, 1.165) is 11.4 Å². The van der Waals surface area contributed by atoms with E-state index >= 15 is 0 Å². The second kappa shape index (κ2) is 14.2. The van der Waals surface area contributed by atoms with Gasteiger partial charge in [-0.05, 0) is 108 Å². The third-order valence-corrected chi connectivity index (χ3v) is 13.5. The summed E-state index contributed by atoms with van der Waals surface area (Å²) < 4.78 is 0. The van der Waals surface area contributed by atoms with Crippen molar-refractivity contribution in [3.05, 3.63) is 235 Å². The van der Waals surface area contributed by atoms with Crippen LogP contribution in [-0.4, -0.2) is 0 Å². The van der Waals surface area contributed by atoms with Gasteiger partial charge in [-0.1, -0.05) is 210 Å². The van der Waals surface area contributed by atoms with E-state index in [2.05, 4.69) is 245 Å². The second-order valence-electron chi connectivity index (χ2n) is 17.7. The first-order chi connectivity index (χ1) is 29.8. The smallest absolute Gasteiger partial charge is 0.0546 e. The molecule has 0 saturated carbocycles. The van der Waals surface area contributed by atoms with Gasteiger partial charge in [-0.2, -0.15) is 0 Å². The van der Waals surface area contributed by atoms with E-state index in [1.54, 1.807) is 0 Å². The first-order valence-electron chi connectivity index (χ1n) is 21.5. The molecule has 1 heteroatoms. The molecular weight excluding hydrogens is 735 g/mol. The minimum Gasteiger partial charge on any atom is -0.309 e. The lowest BCUT2D eigenvalue weighted by Gasteiger charge is -2.32. The number of hydrogen-bond acceptors (Lipinski definition) is 1. The Morgan fingerprint density at radius 3 is 1.44 bits per heavy atom. The zero-order valence-corrected chi connectivity index (χ0v) is 35.2. The Balaban J connectivity index is 1.22. The normalized spacial score (nSPS) is 13.8. The molecule has 9 aromatic carbocycles. The fourth-order valence-corrected chi connectivity index (χ4v) is 10.5. The van der Waals surface area contributed by atoms with Crippen LogP contribution in [0, 0.1) is 0 Å². The number of anilines is 3. The number of hydrogen-bond donors (Lipinski definition) is 0. The van der Waals surface area contributed by atoms with E-state index in [4.69, 9.17) is 0 Å². The lowest BCUT2D eigenvalue weighted by atomic mass is 9.81. The van der Waals surface area contributed by atoms with Gasteiger partial charge in [0.05, 0.1) is 11.4 Å². The molecule has 0 bridgehead atoms. The Bertz CT molecular complexity index is 3120. The van der Waals surface area contributed by atoms with Gasteiger partial charge in [-0.3, -0.25) is 0 Å². The maximum Gasteiger partial charge on any atom is 0.0546 e. The molecule has 0 atom stereocenters. The highest BCUT2D eigenvalue weighted by Gasteiger charge is 2.39. The van der Waals surface area contributed by atoms with Crippen molar-refractivity contribution in [2.75, 3.05) is 4.90 Å². The molecule has 0 aromatic heterocycles. The van der Waals surface area contributed by atoms with Gasteiger partial charge in [0.2, 0.25) is 0 Å². The summed E-state index contributed by atoms with van der Waals surface area (Å²) in [5.74, 6) is 0. The molecule has 2 aliphatic rings. The van der Waals surface area contributed by atoms with Crippen LogP contribution in [0.25, 0.3) is 66.8 Å². The van der Waals surface area contributed by atoms with Crippen molar-refractivity contribution in [3.63, 3.8) is 0 Å². The van der Waals surface area contributed by atoms with Crippen molar-refractivity contribution in [2.24, 2.45) is 0 Å². The van der Waals surface area contributed by atoms with Gasteiger partial charge in [-0.25, -0.2) is 0 Å².